The van der Waals surface area contributed by atoms with Gasteiger partial charge in [-0.2, -0.15) is 0 Å². The summed E-state index contributed by atoms with van der Waals surface area (Å²) >= 11 is 7.36. The minimum absolute atomic E-state index is 0.0349. The van der Waals surface area contributed by atoms with Gasteiger partial charge < -0.3 is 10.5 Å². The van der Waals surface area contributed by atoms with Gasteiger partial charge in [-0.05, 0) is 49.4 Å². The van der Waals surface area contributed by atoms with Gasteiger partial charge in [0.05, 0.1) is 5.25 Å². The molecule has 1 aliphatic carbocycles. The van der Waals surface area contributed by atoms with Crippen molar-refractivity contribution in [2.45, 2.75) is 75.9 Å². The van der Waals surface area contributed by atoms with E-state index in [-0.39, 0.29) is 18.6 Å². The fourth-order valence-electron chi connectivity index (χ4n) is 3.91. The molecule has 1 heterocycles. The van der Waals surface area contributed by atoms with E-state index in [0.717, 1.165) is 37.0 Å². The Bertz CT molecular complexity index is 959. The molecule has 1 unspecified atom stereocenters. The number of hydrogen-bond donors (Lipinski definition) is 2. The van der Waals surface area contributed by atoms with Crippen LogP contribution in [0.1, 0.15) is 63.4 Å². The van der Waals surface area contributed by atoms with E-state index in [0.29, 0.717) is 16.0 Å². The number of ether oxygens (including phenoxy) is 1. The Kier molecular flexibility index (Phi) is 8.42. The molecule has 1 aromatic carbocycles. The van der Waals surface area contributed by atoms with Gasteiger partial charge in [0.1, 0.15) is 12.4 Å². The smallest absolute Gasteiger partial charge is 0.318 e. The van der Waals surface area contributed by atoms with E-state index >= 15 is 0 Å². The first kappa shape index (κ1) is 24.4. The van der Waals surface area contributed by atoms with Crippen LogP contribution in [-0.4, -0.2) is 32.0 Å². The molecule has 0 spiro atoms. The minimum Gasteiger partial charge on any atom is -0.485 e. The number of carbonyl (C=O) groups is 2. The summed E-state index contributed by atoms with van der Waals surface area (Å²) in [6.07, 6.45) is 5.54. The van der Waals surface area contributed by atoms with Crippen LogP contribution in [-0.2, 0) is 11.4 Å². The second-order valence-electron chi connectivity index (χ2n) is 8.40. The van der Waals surface area contributed by atoms with E-state index in [4.69, 9.17) is 22.1 Å². The van der Waals surface area contributed by atoms with Crippen LogP contribution in [0.3, 0.4) is 0 Å². The third kappa shape index (κ3) is 6.16. The number of primary amides is 1. The standard InChI is InChI=1S/C22H30ClN5O3S/c1-13(2)19(20(29)25-21(24)30)32-22-27-26-18(28(22)16-7-5-4-6-8-16)12-31-17-10-9-15(23)11-14(17)3/h9-11,13,16,19H,4-8,12H2,1-3H3,(H3,24,25,29,30). The summed E-state index contributed by atoms with van der Waals surface area (Å²) in [4.78, 5) is 23.7. The molecule has 0 saturated heterocycles. The summed E-state index contributed by atoms with van der Waals surface area (Å²) in [6.45, 7) is 6.05. The van der Waals surface area contributed by atoms with Crippen molar-refractivity contribution in [2.24, 2.45) is 11.7 Å². The first-order valence-corrected chi connectivity index (χ1v) is 12.1. The summed E-state index contributed by atoms with van der Waals surface area (Å²) in [5.74, 6) is 0.992. The summed E-state index contributed by atoms with van der Waals surface area (Å²) in [5, 5.41) is 11.8. The molecule has 1 fully saturated rings. The number of amides is 3. The Hall–Kier alpha value is -2.26. The summed E-state index contributed by atoms with van der Waals surface area (Å²) in [6, 6.07) is 4.88. The molecule has 174 valence electrons. The molecule has 32 heavy (non-hydrogen) atoms. The van der Waals surface area contributed by atoms with Gasteiger partial charge in [0.2, 0.25) is 5.91 Å². The van der Waals surface area contributed by atoms with Crippen molar-refractivity contribution in [2.75, 3.05) is 0 Å². The molecular weight excluding hydrogens is 450 g/mol. The van der Waals surface area contributed by atoms with Gasteiger partial charge in [0, 0.05) is 11.1 Å². The number of benzene rings is 1. The third-order valence-corrected chi connectivity index (χ3v) is 7.25. The average molecular weight is 480 g/mol. The second-order valence-corrected chi connectivity index (χ2v) is 9.94. The average Bonchev–Trinajstić information content (AvgIpc) is 3.13. The Labute approximate surface area is 197 Å². The molecule has 3 amide bonds. The van der Waals surface area contributed by atoms with Crippen LogP contribution < -0.4 is 15.8 Å². The molecule has 1 saturated carbocycles. The van der Waals surface area contributed by atoms with Crippen molar-refractivity contribution in [3.05, 3.63) is 34.6 Å². The molecular formula is C22H30ClN5O3S. The quantitative estimate of drug-likeness (QED) is 0.533. The van der Waals surface area contributed by atoms with Crippen molar-refractivity contribution in [1.82, 2.24) is 20.1 Å². The highest BCUT2D eigenvalue weighted by Crippen LogP contribution is 2.35. The van der Waals surface area contributed by atoms with Gasteiger partial charge in [0.25, 0.3) is 0 Å². The number of carbonyl (C=O) groups excluding carboxylic acids is 2. The molecule has 3 N–H and O–H groups in total. The molecule has 0 radical (unpaired) electrons. The van der Waals surface area contributed by atoms with Crippen molar-refractivity contribution in [1.29, 1.82) is 0 Å². The van der Waals surface area contributed by atoms with Gasteiger partial charge in [-0.3, -0.25) is 14.7 Å². The number of urea groups is 1. The highest BCUT2D eigenvalue weighted by molar-refractivity contribution is 8.00. The summed E-state index contributed by atoms with van der Waals surface area (Å²) in [7, 11) is 0. The van der Waals surface area contributed by atoms with Crippen molar-refractivity contribution in [3.8, 4) is 5.75 Å². The highest BCUT2D eigenvalue weighted by atomic mass is 35.5. The van der Waals surface area contributed by atoms with E-state index in [1.54, 1.807) is 6.07 Å². The number of nitrogens with two attached hydrogens (primary N) is 1. The van der Waals surface area contributed by atoms with Crippen LogP contribution in [0.15, 0.2) is 23.4 Å². The molecule has 1 atom stereocenters. The molecule has 0 aliphatic heterocycles. The lowest BCUT2D eigenvalue weighted by Crippen LogP contribution is -2.42. The van der Waals surface area contributed by atoms with Crippen LogP contribution >= 0.6 is 23.4 Å². The van der Waals surface area contributed by atoms with Gasteiger partial charge in [0.15, 0.2) is 11.0 Å². The Balaban J connectivity index is 1.86. The van der Waals surface area contributed by atoms with E-state index in [9.17, 15) is 9.59 Å². The maximum atomic E-state index is 12.5. The number of aromatic nitrogens is 3. The fourth-order valence-corrected chi connectivity index (χ4v) is 5.26. The summed E-state index contributed by atoms with van der Waals surface area (Å²) < 4.78 is 8.16. The zero-order chi connectivity index (χ0) is 23.3. The lowest BCUT2D eigenvalue weighted by Gasteiger charge is -2.27. The lowest BCUT2D eigenvalue weighted by molar-refractivity contribution is -0.120. The first-order valence-electron chi connectivity index (χ1n) is 10.9. The second kappa shape index (κ2) is 11.0. The monoisotopic (exact) mass is 479 g/mol. The number of aryl methyl sites for hydroxylation is 1. The number of hydrogen-bond acceptors (Lipinski definition) is 6. The Morgan fingerprint density at radius 3 is 2.62 bits per heavy atom. The third-order valence-electron chi connectivity index (χ3n) is 5.51. The molecule has 1 aromatic heterocycles. The molecule has 1 aliphatic rings. The van der Waals surface area contributed by atoms with Gasteiger partial charge in [-0.25, -0.2) is 4.79 Å². The van der Waals surface area contributed by atoms with Crippen LogP contribution in [0.4, 0.5) is 4.79 Å². The number of halogens is 1. The van der Waals surface area contributed by atoms with Crippen molar-refractivity contribution >= 4 is 35.3 Å². The Morgan fingerprint density at radius 2 is 2.00 bits per heavy atom. The van der Waals surface area contributed by atoms with E-state index in [1.807, 2.05) is 32.9 Å². The molecule has 2 aromatic rings. The predicted molar refractivity (Wildman–Crippen MR) is 125 cm³/mol. The zero-order valence-corrected chi connectivity index (χ0v) is 20.2. The van der Waals surface area contributed by atoms with Gasteiger partial charge >= 0.3 is 6.03 Å². The maximum Gasteiger partial charge on any atom is 0.318 e. The van der Waals surface area contributed by atoms with E-state index in [1.165, 1.54) is 18.2 Å². The maximum absolute atomic E-state index is 12.5. The van der Waals surface area contributed by atoms with Crippen molar-refractivity contribution in [3.63, 3.8) is 0 Å². The van der Waals surface area contributed by atoms with E-state index < -0.39 is 17.2 Å². The molecule has 10 heteroatoms. The number of imide groups is 1. The summed E-state index contributed by atoms with van der Waals surface area (Å²) in [5.41, 5.74) is 6.10. The van der Waals surface area contributed by atoms with Crippen LogP contribution in [0, 0.1) is 12.8 Å². The number of rotatable bonds is 8. The molecule has 3 rings (SSSR count). The van der Waals surface area contributed by atoms with Crippen LogP contribution in [0.2, 0.25) is 5.02 Å². The van der Waals surface area contributed by atoms with Gasteiger partial charge in [-0.1, -0.05) is 56.5 Å². The minimum atomic E-state index is -0.859. The number of thioether (sulfide) groups is 1. The highest BCUT2D eigenvalue weighted by Gasteiger charge is 2.30. The Morgan fingerprint density at radius 1 is 1.28 bits per heavy atom. The van der Waals surface area contributed by atoms with E-state index in [2.05, 4.69) is 20.1 Å². The topological polar surface area (TPSA) is 112 Å². The fraction of sp³-hybridized carbons (Fsp3) is 0.545. The zero-order valence-electron chi connectivity index (χ0n) is 18.6. The van der Waals surface area contributed by atoms with Crippen molar-refractivity contribution < 1.29 is 14.3 Å². The van der Waals surface area contributed by atoms with Crippen LogP contribution in [0.5, 0.6) is 5.75 Å². The number of nitrogens with zero attached hydrogens (tertiary/aromatic N) is 3. The first-order chi connectivity index (χ1) is 15.3. The number of nitrogens with one attached hydrogen (secondary N) is 1. The lowest BCUT2D eigenvalue weighted by atomic mass is 9.95. The van der Waals surface area contributed by atoms with Crippen LogP contribution in [0.25, 0.3) is 0 Å². The molecule has 0 bridgehead atoms. The molecule has 8 nitrogen and oxygen atoms in total. The van der Waals surface area contributed by atoms with Gasteiger partial charge in [-0.15, -0.1) is 10.2 Å². The normalized spacial score (nSPS) is 15.5. The predicted octanol–water partition coefficient (Wildman–Crippen LogP) is 4.64. The largest absolute Gasteiger partial charge is 0.485 e. The SMILES string of the molecule is Cc1cc(Cl)ccc1OCc1nnc(SC(C(=O)NC(N)=O)C(C)C)n1C1CCCCC1.